The molecular formula is C18H16BrNO3. The number of fused-ring (bicyclic) bond motifs is 1. The summed E-state index contributed by atoms with van der Waals surface area (Å²) in [5.41, 5.74) is 1.96. The number of benzene rings is 2. The van der Waals surface area contributed by atoms with Gasteiger partial charge >= 0.3 is 5.97 Å². The Morgan fingerprint density at radius 1 is 1.09 bits per heavy atom. The quantitative estimate of drug-likeness (QED) is 0.522. The van der Waals surface area contributed by atoms with Crippen LogP contribution < -0.4 is 4.74 Å². The van der Waals surface area contributed by atoms with E-state index in [1.807, 2.05) is 54.7 Å². The fraction of sp³-hybridized carbons (Fsp3) is 0.167. The number of carbonyl (C=O) groups excluding carboxylic acids is 1. The highest BCUT2D eigenvalue weighted by molar-refractivity contribution is 9.10. The first-order valence-corrected chi connectivity index (χ1v) is 8.10. The summed E-state index contributed by atoms with van der Waals surface area (Å²) in [6.45, 7) is 0.559. The predicted molar refractivity (Wildman–Crippen MR) is 92.6 cm³/mol. The lowest BCUT2D eigenvalue weighted by atomic mass is 10.1. The number of hydrogen-bond acceptors (Lipinski definition) is 3. The second-order valence-corrected chi connectivity index (χ2v) is 5.98. The third-order valence-corrected chi connectivity index (χ3v) is 3.91. The summed E-state index contributed by atoms with van der Waals surface area (Å²) in [5, 5.41) is 1.05. The molecule has 1 N–H and O–H groups in total. The van der Waals surface area contributed by atoms with Gasteiger partial charge in [0.05, 0.1) is 6.42 Å². The van der Waals surface area contributed by atoms with Gasteiger partial charge in [-0.05, 0) is 29.8 Å². The molecule has 0 radical (unpaired) electrons. The number of aromatic amines is 1. The van der Waals surface area contributed by atoms with E-state index in [0.717, 1.165) is 26.7 Å². The number of nitrogens with one attached hydrogen (secondary N) is 1. The minimum absolute atomic E-state index is 0.230. The zero-order chi connectivity index (χ0) is 16.1. The first kappa shape index (κ1) is 15.6. The van der Waals surface area contributed by atoms with Crippen molar-refractivity contribution in [3.05, 3.63) is 64.8 Å². The standard InChI is InChI=1S/C18H16BrNO3/c19-14-4-3-5-15(11-14)22-8-9-23-18(21)10-13-12-20-17-7-2-1-6-16(13)17/h1-7,11-12,20H,8-10H2. The molecule has 23 heavy (non-hydrogen) atoms. The lowest BCUT2D eigenvalue weighted by Gasteiger charge is -2.07. The monoisotopic (exact) mass is 373 g/mol. The van der Waals surface area contributed by atoms with E-state index in [4.69, 9.17) is 9.47 Å². The first-order valence-electron chi connectivity index (χ1n) is 7.31. The Morgan fingerprint density at radius 2 is 1.96 bits per heavy atom. The van der Waals surface area contributed by atoms with Gasteiger partial charge in [-0.2, -0.15) is 0 Å². The molecule has 0 atom stereocenters. The Balaban J connectivity index is 1.46. The summed E-state index contributed by atoms with van der Waals surface area (Å²) in [6.07, 6.45) is 2.10. The van der Waals surface area contributed by atoms with Crippen LogP contribution in [0.4, 0.5) is 0 Å². The van der Waals surface area contributed by atoms with Gasteiger partial charge in [0.25, 0.3) is 0 Å². The fourth-order valence-corrected chi connectivity index (χ4v) is 2.73. The molecule has 3 aromatic rings. The molecule has 0 aliphatic rings. The fourth-order valence-electron chi connectivity index (χ4n) is 2.36. The number of halogens is 1. The van der Waals surface area contributed by atoms with Crippen LogP contribution in [-0.2, 0) is 16.0 Å². The smallest absolute Gasteiger partial charge is 0.310 e. The summed E-state index contributed by atoms with van der Waals surface area (Å²) in [5.74, 6) is 0.486. The molecule has 0 amide bonds. The van der Waals surface area contributed by atoms with Crippen molar-refractivity contribution in [3.8, 4) is 5.75 Å². The highest BCUT2D eigenvalue weighted by atomic mass is 79.9. The average molecular weight is 374 g/mol. The predicted octanol–water partition coefficient (Wildman–Crippen LogP) is 4.10. The van der Waals surface area contributed by atoms with Crippen molar-refractivity contribution in [2.75, 3.05) is 13.2 Å². The highest BCUT2D eigenvalue weighted by Gasteiger charge is 2.09. The highest BCUT2D eigenvalue weighted by Crippen LogP contribution is 2.19. The van der Waals surface area contributed by atoms with E-state index in [-0.39, 0.29) is 19.0 Å². The van der Waals surface area contributed by atoms with Gasteiger partial charge in [0.1, 0.15) is 19.0 Å². The molecule has 3 rings (SSSR count). The summed E-state index contributed by atoms with van der Waals surface area (Å²) in [6, 6.07) is 15.4. The lowest BCUT2D eigenvalue weighted by Crippen LogP contribution is -2.13. The molecule has 0 saturated heterocycles. The van der Waals surface area contributed by atoms with E-state index in [0.29, 0.717) is 6.61 Å². The molecular weight excluding hydrogens is 358 g/mol. The van der Waals surface area contributed by atoms with Crippen LogP contribution >= 0.6 is 15.9 Å². The number of hydrogen-bond donors (Lipinski definition) is 1. The number of para-hydroxylation sites is 1. The maximum atomic E-state index is 11.9. The van der Waals surface area contributed by atoms with Crippen molar-refractivity contribution in [2.24, 2.45) is 0 Å². The molecule has 4 nitrogen and oxygen atoms in total. The van der Waals surface area contributed by atoms with Crippen LogP contribution in [0.3, 0.4) is 0 Å². The van der Waals surface area contributed by atoms with Gasteiger partial charge in [0, 0.05) is 21.6 Å². The minimum atomic E-state index is -0.257. The van der Waals surface area contributed by atoms with E-state index in [1.54, 1.807) is 0 Å². The molecule has 5 heteroatoms. The Bertz CT molecular complexity index is 813. The number of aromatic nitrogens is 1. The number of H-pyrrole nitrogens is 1. The number of carbonyl (C=O) groups is 1. The van der Waals surface area contributed by atoms with Gasteiger partial charge < -0.3 is 14.5 Å². The van der Waals surface area contributed by atoms with E-state index in [1.165, 1.54) is 0 Å². The molecule has 0 aliphatic heterocycles. The van der Waals surface area contributed by atoms with E-state index in [2.05, 4.69) is 20.9 Å². The summed E-state index contributed by atoms with van der Waals surface area (Å²) < 4.78 is 11.7. The number of esters is 1. The van der Waals surface area contributed by atoms with Crippen LogP contribution in [0.5, 0.6) is 5.75 Å². The van der Waals surface area contributed by atoms with Crippen LogP contribution in [0, 0.1) is 0 Å². The van der Waals surface area contributed by atoms with Crippen LogP contribution in [-0.4, -0.2) is 24.2 Å². The molecule has 0 aliphatic carbocycles. The van der Waals surface area contributed by atoms with Gasteiger partial charge in [-0.25, -0.2) is 0 Å². The lowest BCUT2D eigenvalue weighted by molar-refractivity contribution is -0.143. The van der Waals surface area contributed by atoms with Crippen molar-refractivity contribution in [1.82, 2.24) is 4.98 Å². The van der Waals surface area contributed by atoms with Gasteiger partial charge in [-0.3, -0.25) is 4.79 Å². The molecule has 118 valence electrons. The van der Waals surface area contributed by atoms with E-state index < -0.39 is 0 Å². The van der Waals surface area contributed by atoms with Crippen molar-refractivity contribution in [3.63, 3.8) is 0 Å². The molecule has 2 aromatic carbocycles. The Morgan fingerprint density at radius 3 is 2.83 bits per heavy atom. The largest absolute Gasteiger partial charge is 0.490 e. The van der Waals surface area contributed by atoms with Crippen molar-refractivity contribution in [2.45, 2.75) is 6.42 Å². The van der Waals surface area contributed by atoms with Gasteiger partial charge in [0.15, 0.2) is 0 Å². The van der Waals surface area contributed by atoms with Crippen LogP contribution in [0.25, 0.3) is 10.9 Å². The maximum Gasteiger partial charge on any atom is 0.310 e. The van der Waals surface area contributed by atoms with E-state index >= 15 is 0 Å². The second-order valence-electron chi connectivity index (χ2n) is 5.06. The summed E-state index contributed by atoms with van der Waals surface area (Å²) in [4.78, 5) is 15.1. The third kappa shape index (κ3) is 4.13. The van der Waals surface area contributed by atoms with E-state index in [9.17, 15) is 4.79 Å². The molecule has 0 bridgehead atoms. The van der Waals surface area contributed by atoms with Crippen molar-refractivity contribution in [1.29, 1.82) is 0 Å². The summed E-state index contributed by atoms with van der Waals surface area (Å²) in [7, 11) is 0. The van der Waals surface area contributed by atoms with Crippen molar-refractivity contribution < 1.29 is 14.3 Å². The molecule has 0 unspecified atom stereocenters. The average Bonchev–Trinajstić information content (AvgIpc) is 2.95. The molecule has 1 aromatic heterocycles. The van der Waals surface area contributed by atoms with Gasteiger partial charge in [-0.15, -0.1) is 0 Å². The zero-order valence-electron chi connectivity index (χ0n) is 12.4. The molecule has 0 spiro atoms. The Kier molecular flexibility index (Phi) is 4.98. The summed E-state index contributed by atoms with van der Waals surface area (Å²) >= 11 is 3.38. The first-order chi connectivity index (χ1) is 11.2. The van der Waals surface area contributed by atoms with Crippen LogP contribution in [0.1, 0.15) is 5.56 Å². The Hall–Kier alpha value is -2.27. The SMILES string of the molecule is O=C(Cc1c[nH]c2ccccc12)OCCOc1cccc(Br)c1. The van der Waals surface area contributed by atoms with Gasteiger partial charge in [0.2, 0.25) is 0 Å². The third-order valence-electron chi connectivity index (χ3n) is 3.42. The Labute approximate surface area is 142 Å². The topological polar surface area (TPSA) is 51.3 Å². The molecule has 0 fully saturated rings. The second kappa shape index (κ2) is 7.33. The number of ether oxygens (including phenoxy) is 2. The van der Waals surface area contributed by atoms with Crippen LogP contribution in [0.2, 0.25) is 0 Å². The zero-order valence-corrected chi connectivity index (χ0v) is 14.0. The number of rotatable bonds is 6. The minimum Gasteiger partial charge on any atom is -0.490 e. The van der Waals surface area contributed by atoms with Crippen LogP contribution in [0.15, 0.2) is 59.2 Å². The van der Waals surface area contributed by atoms with Gasteiger partial charge in [-0.1, -0.05) is 40.2 Å². The normalized spacial score (nSPS) is 10.7. The van der Waals surface area contributed by atoms with Crippen molar-refractivity contribution >= 4 is 32.8 Å². The molecule has 1 heterocycles. The maximum absolute atomic E-state index is 11.9. The molecule has 0 saturated carbocycles.